The highest BCUT2D eigenvalue weighted by molar-refractivity contribution is 7.89. The lowest BCUT2D eigenvalue weighted by Crippen LogP contribution is -2.34. The van der Waals surface area contributed by atoms with Crippen molar-refractivity contribution in [3.63, 3.8) is 0 Å². The number of hydrogen-bond acceptors (Lipinski definition) is 5. The SMILES string of the molecule is Cc1[nH]nc(CO)c1S(=O)(=O)N1CCCOCC1. The Balaban J connectivity index is 2.37. The van der Waals surface area contributed by atoms with Gasteiger partial charge < -0.3 is 9.84 Å². The van der Waals surface area contributed by atoms with Crippen LogP contribution in [0, 0.1) is 6.92 Å². The first-order chi connectivity index (χ1) is 8.57. The average molecular weight is 275 g/mol. The van der Waals surface area contributed by atoms with Crippen molar-refractivity contribution in [1.29, 1.82) is 0 Å². The van der Waals surface area contributed by atoms with E-state index in [4.69, 9.17) is 9.84 Å². The first-order valence-corrected chi connectivity index (χ1v) is 7.24. The molecule has 2 heterocycles. The number of rotatable bonds is 3. The van der Waals surface area contributed by atoms with Crippen LogP contribution in [0.4, 0.5) is 0 Å². The molecule has 0 aromatic carbocycles. The Labute approximate surface area is 106 Å². The number of H-pyrrole nitrogens is 1. The Hall–Kier alpha value is -0.960. The van der Waals surface area contributed by atoms with Crippen molar-refractivity contribution in [2.45, 2.75) is 24.8 Å². The van der Waals surface area contributed by atoms with Crippen LogP contribution in [0.3, 0.4) is 0 Å². The van der Waals surface area contributed by atoms with Gasteiger partial charge in [0, 0.05) is 19.7 Å². The quantitative estimate of drug-likeness (QED) is 0.784. The van der Waals surface area contributed by atoms with Crippen molar-refractivity contribution in [1.82, 2.24) is 14.5 Å². The lowest BCUT2D eigenvalue weighted by atomic mass is 10.4. The van der Waals surface area contributed by atoms with E-state index >= 15 is 0 Å². The second-order valence-electron chi connectivity index (χ2n) is 4.15. The van der Waals surface area contributed by atoms with Crippen LogP contribution in [0.15, 0.2) is 4.90 Å². The number of aliphatic hydroxyl groups is 1. The third-order valence-corrected chi connectivity index (χ3v) is 4.99. The molecule has 0 amide bonds. The van der Waals surface area contributed by atoms with Gasteiger partial charge in [0.2, 0.25) is 10.0 Å². The van der Waals surface area contributed by atoms with Crippen molar-refractivity contribution in [2.24, 2.45) is 0 Å². The number of aromatic nitrogens is 2. The molecule has 1 aliphatic heterocycles. The number of hydrogen-bond donors (Lipinski definition) is 2. The molecule has 1 aromatic rings. The summed E-state index contributed by atoms with van der Waals surface area (Å²) in [7, 11) is -3.62. The summed E-state index contributed by atoms with van der Waals surface area (Å²) in [5.41, 5.74) is 0.613. The zero-order valence-corrected chi connectivity index (χ0v) is 11.0. The highest BCUT2D eigenvalue weighted by Crippen LogP contribution is 2.23. The van der Waals surface area contributed by atoms with E-state index in [0.29, 0.717) is 38.4 Å². The molecule has 2 N–H and O–H groups in total. The standard InChI is InChI=1S/C10H17N3O4S/c1-8-10(9(7-14)12-11-8)18(15,16)13-3-2-5-17-6-4-13/h14H,2-7H2,1H3,(H,11,12). The topological polar surface area (TPSA) is 95.5 Å². The summed E-state index contributed by atoms with van der Waals surface area (Å²) in [6.07, 6.45) is 0.671. The smallest absolute Gasteiger partial charge is 0.246 e. The maximum absolute atomic E-state index is 12.5. The Morgan fingerprint density at radius 3 is 2.94 bits per heavy atom. The van der Waals surface area contributed by atoms with Gasteiger partial charge in [-0.1, -0.05) is 0 Å². The van der Waals surface area contributed by atoms with E-state index in [-0.39, 0.29) is 10.6 Å². The number of nitrogens with zero attached hydrogens (tertiary/aromatic N) is 2. The van der Waals surface area contributed by atoms with Gasteiger partial charge in [0.25, 0.3) is 0 Å². The van der Waals surface area contributed by atoms with Gasteiger partial charge in [-0.25, -0.2) is 8.42 Å². The fraction of sp³-hybridized carbons (Fsp3) is 0.700. The first kappa shape index (κ1) is 13.5. The zero-order valence-electron chi connectivity index (χ0n) is 10.2. The number of aryl methyl sites for hydroxylation is 1. The summed E-state index contributed by atoms with van der Waals surface area (Å²) >= 11 is 0. The van der Waals surface area contributed by atoms with Gasteiger partial charge in [0.05, 0.1) is 18.9 Å². The Morgan fingerprint density at radius 2 is 2.22 bits per heavy atom. The Morgan fingerprint density at radius 1 is 1.44 bits per heavy atom. The normalized spacial score (nSPS) is 18.8. The molecule has 102 valence electrons. The molecule has 18 heavy (non-hydrogen) atoms. The molecule has 1 aliphatic rings. The zero-order chi connectivity index (χ0) is 13.2. The predicted octanol–water partition coefficient (Wildman–Crippen LogP) is -0.379. The largest absolute Gasteiger partial charge is 0.390 e. The lowest BCUT2D eigenvalue weighted by Gasteiger charge is -2.19. The van der Waals surface area contributed by atoms with Crippen molar-refractivity contribution < 1.29 is 18.3 Å². The Kier molecular flexibility index (Phi) is 4.00. The number of ether oxygens (including phenoxy) is 1. The molecule has 0 atom stereocenters. The summed E-state index contributed by atoms with van der Waals surface area (Å²) in [6, 6.07) is 0. The van der Waals surface area contributed by atoms with Crippen LogP contribution in [0.25, 0.3) is 0 Å². The predicted molar refractivity (Wildman–Crippen MR) is 63.4 cm³/mol. The van der Waals surface area contributed by atoms with E-state index in [0.717, 1.165) is 0 Å². The van der Waals surface area contributed by atoms with Gasteiger partial charge >= 0.3 is 0 Å². The molecule has 0 spiro atoms. The molecular weight excluding hydrogens is 258 g/mol. The summed E-state index contributed by atoms with van der Waals surface area (Å²) in [5, 5.41) is 15.6. The highest BCUT2D eigenvalue weighted by atomic mass is 32.2. The maximum atomic E-state index is 12.5. The molecule has 1 fully saturated rings. The van der Waals surface area contributed by atoms with E-state index in [1.54, 1.807) is 6.92 Å². The third-order valence-electron chi connectivity index (χ3n) is 2.89. The third kappa shape index (κ3) is 2.41. The molecule has 1 saturated heterocycles. The van der Waals surface area contributed by atoms with Gasteiger partial charge in [-0.05, 0) is 13.3 Å². The van der Waals surface area contributed by atoms with Crippen molar-refractivity contribution in [3.05, 3.63) is 11.4 Å². The average Bonchev–Trinajstić information content (AvgIpc) is 2.56. The first-order valence-electron chi connectivity index (χ1n) is 5.80. The minimum Gasteiger partial charge on any atom is -0.390 e. The van der Waals surface area contributed by atoms with Crippen molar-refractivity contribution in [3.8, 4) is 0 Å². The fourth-order valence-corrected chi connectivity index (χ4v) is 3.79. The van der Waals surface area contributed by atoms with Crippen LogP contribution < -0.4 is 0 Å². The summed E-state index contributed by atoms with van der Waals surface area (Å²) in [4.78, 5) is 0.0897. The Bertz CT molecular complexity index is 503. The van der Waals surface area contributed by atoms with E-state index in [1.807, 2.05) is 0 Å². The summed E-state index contributed by atoms with van der Waals surface area (Å²) in [5.74, 6) is 0. The highest BCUT2D eigenvalue weighted by Gasteiger charge is 2.30. The molecule has 0 unspecified atom stereocenters. The lowest BCUT2D eigenvalue weighted by molar-refractivity contribution is 0.148. The molecule has 8 heteroatoms. The molecule has 0 aliphatic carbocycles. The van der Waals surface area contributed by atoms with E-state index in [1.165, 1.54) is 4.31 Å². The number of sulfonamides is 1. The number of aromatic amines is 1. The summed E-state index contributed by atoms with van der Waals surface area (Å²) in [6.45, 7) is 2.96. The second-order valence-corrected chi connectivity index (χ2v) is 6.03. The van der Waals surface area contributed by atoms with Crippen LogP contribution in [0.5, 0.6) is 0 Å². The van der Waals surface area contributed by atoms with Crippen LogP contribution in [-0.2, 0) is 21.4 Å². The maximum Gasteiger partial charge on any atom is 0.246 e. The van der Waals surface area contributed by atoms with Gasteiger partial charge in [0.1, 0.15) is 10.6 Å². The number of nitrogens with one attached hydrogen (secondary N) is 1. The van der Waals surface area contributed by atoms with Gasteiger partial charge in [0.15, 0.2) is 0 Å². The van der Waals surface area contributed by atoms with Crippen molar-refractivity contribution >= 4 is 10.0 Å². The van der Waals surface area contributed by atoms with E-state index in [2.05, 4.69) is 10.2 Å². The van der Waals surface area contributed by atoms with Gasteiger partial charge in [-0.3, -0.25) is 5.10 Å². The van der Waals surface area contributed by atoms with E-state index in [9.17, 15) is 8.42 Å². The minimum absolute atomic E-state index is 0.0897. The molecular formula is C10H17N3O4S. The monoisotopic (exact) mass is 275 g/mol. The van der Waals surface area contributed by atoms with Crippen molar-refractivity contribution in [2.75, 3.05) is 26.3 Å². The van der Waals surface area contributed by atoms with Crippen LogP contribution in [0.1, 0.15) is 17.8 Å². The van der Waals surface area contributed by atoms with Crippen LogP contribution in [0.2, 0.25) is 0 Å². The van der Waals surface area contributed by atoms with Gasteiger partial charge in [-0.2, -0.15) is 9.40 Å². The fourth-order valence-electron chi connectivity index (χ4n) is 2.01. The van der Waals surface area contributed by atoms with Crippen LogP contribution in [-0.4, -0.2) is 54.3 Å². The second kappa shape index (κ2) is 5.35. The molecule has 0 radical (unpaired) electrons. The molecule has 7 nitrogen and oxygen atoms in total. The number of aliphatic hydroxyl groups excluding tert-OH is 1. The van der Waals surface area contributed by atoms with E-state index < -0.39 is 16.6 Å². The van der Waals surface area contributed by atoms with Gasteiger partial charge in [-0.15, -0.1) is 0 Å². The molecule has 1 aromatic heterocycles. The molecule has 0 saturated carbocycles. The summed E-state index contributed by atoms with van der Waals surface area (Å²) < 4.78 is 31.6. The molecule has 2 rings (SSSR count). The minimum atomic E-state index is -3.62. The molecule has 0 bridgehead atoms. The van der Waals surface area contributed by atoms with Crippen LogP contribution >= 0.6 is 0 Å².